The zero-order valence-corrected chi connectivity index (χ0v) is 11.7. The summed E-state index contributed by atoms with van der Waals surface area (Å²) in [6, 6.07) is 8.14. The number of hydrogen-bond donors (Lipinski definition) is 2. The number of ketones is 1. The summed E-state index contributed by atoms with van der Waals surface area (Å²) in [5.41, 5.74) is 5.86. The molecular formula is C17H15N3O. The number of hydrogen-bond acceptors (Lipinski definition) is 2. The molecule has 0 atom stereocenters. The molecular weight excluding hydrogens is 262 g/mol. The highest BCUT2D eigenvalue weighted by Crippen LogP contribution is 2.32. The van der Waals surface area contributed by atoms with Crippen LogP contribution in [0.25, 0.3) is 17.0 Å². The molecule has 104 valence electrons. The van der Waals surface area contributed by atoms with Crippen molar-refractivity contribution in [3.8, 4) is 0 Å². The fourth-order valence-corrected chi connectivity index (χ4v) is 3.02. The smallest absolute Gasteiger partial charge is 0.205 e. The minimum atomic E-state index is 0.0969. The number of nitrogens with one attached hydrogen (secondary N) is 2. The lowest BCUT2D eigenvalue weighted by molar-refractivity contribution is 0.102. The van der Waals surface area contributed by atoms with Crippen LogP contribution in [0.5, 0.6) is 0 Å². The van der Waals surface area contributed by atoms with E-state index in [0.29, 0.717) is 0 Å². The Bertz CT molecular complexity index is 869. The summed E-state index contributed by atoms with van der Waals surface area (Å²) in [5, 5.41) is 7.97. The van der Waals surface area contributed by atoms with Crippen molar-refractivity contribution in [1.29, 1.82) is 0 Å². The topological polar surface area (TPSA) is 61.5 Å². The van der Waals surface area contributed by atoms with Gasteiger partial charge in [0.1, 0.15) is 0 Å². The maximum atomic E-state index is 12.7. The zero-order chi connectivity index (χ0) is 14.4. The van der Waals surface area contributed by atoms with E-state index < -0.39 is 0 Å². The Morgan fingerprint density at radius 1 is 1.24 bits per heavy atom. The van der Waals surface area contributed by atoms with Gasteiger partial charge in [-0.15, -0.1) is 0 Å². The molecule has 0 saturated carbocycles. The monoisotopic (exact) mass is 277 g/mol. The summed E-state index contributed by atoms with van der Waals surface area (Å²) in [4.78, 5) is 16.0. The molecule has 0 bridgehead atoms. The summed E-state index contributed by atoms with van der Waals surface area (Å²) in [5.74, 6) is 0.0969. The molecule has 21 heavy (non-hydrogen) atoms. The number of benzene rings is 1. The molecule has 3 aromatic rings. The number of carbonyl (C=O) groups excluding carboxylic acids is 1. The summed E-state index contributed by atoms with van der Waals surface area (Å²) in [7, 11) is 0. The van der Waals surface area contributed by atoms with Gasteiger partial charge in [0, 0.05) is 22.7 Å². The van der Waals surface area contributed by atoms with E-state index in [9.17, 15) is 4.79 Å². The van der Waals surface area contributed by atoms with Gasteiger partial charge in [0.2, 0.25) is 5.78 Å². The van der Waals surface area contributed by atoms with Crippen molar-refractivity contribution in [1.82, 2.24) is 15.2 Å². The van der Waals surface area contributed by atoms with Gasteiger partial charge in [0.05, 0.1) is 11.4 Å². The van der Waals surface area contributed by atoms with E-state index in [0.717, 1.165) is 40.9 Å². The lowest BCUT2D eigenvalue weighted by Crippen LogP contribution is -2.13. The lowest BCUT2D eigenvalue weighted by Gasteiger charge is -2.13. The van der Waals surface area contributed by atoms with E-state index in [1.807, 2.05) is 12.1 Å². The molecule has 0 saturated heterocycles. The third kappa shape index (κ3) is 1.91. The Morgan fingerprint density at radius 2 is 2.14 bits per heavy atom. The average molecular weight is 277 g/mol. The Kier molecular flexibility index (Phi) is 2.57. The molecule has 4 rings (SSSR count). The van der Waals surface area contributed by atoms with Crippen LogP contribution in [-0.2, 0) is 6.42 Å². The Balaban J connectivity index is 1.83. The summed E-state index contributed by atoms with van der Waals surface area (Å²) < 4.78 is 0. The van der Waals surface area contributed by atoms with Gasteiger partial charge in [0.25, 0.3) is 0 Å². The largest absolute Gasteiger partial charge is 0.352 e. The van der Waals surface area contributed by atoms with Crippen molar-refractivity contribution >= 4 is 22.8 Å². The number of aromatic nitrogens is 3. The fraction of sp³-hybridized carbons (Fsp3) is 0.176. The third-order valence-corrected chi connectivity index (χ3v) is 4.08. The standard InChI is InChI=1S/C17H15N3O/c1-10-2-5-15-14(8-10)13-4-3-11(17(21)16(13)19-15)9-12-6-7-18-20-12/h2,5-9,19H,3-4H2,1H3,(H,18,20)/b11-9+. The predicted octanol–water partition coefficient (Wildman–Crippen LogP) is 3.41. The van der Waals surface area contributed by atoms with Gasteiger partial charge in [-0.2, -0.15) is 5.10 Å². The van der Waals surface area contributed by atoms with Crippen LogP contribution in [-0.4, -0.2) is 21.0 Å². The summed E-state index contributed by atoms with van der Waals surface area (Å²) >= 11 is 0. The predicted molar refractivity (Wildman–Crippen MR) is 82.3 cm³/mol. The van der Waals surface area contributed by atoms with E-state index in [1.165, 1.54) is 10.9 Å². The first kappa shape index (κ1) is 12.1. The second kappa shape index (κ2) is 4.45. The van der Waals surface area contributed by atoms with Crippen LogP contribution in [0.15, 0.2) is 36.0 Å². The van der Waals surface area contributed by atoms with Gasteiger partial charge in [-0.05, 0) is 49.6 Å². The quantitative estimate of drug-likeness (QED) is 0.669. The number of aromatic amines is 2. The number of H-pyrrole nitrogens is 2. The first-order valence-corrected chi connectivity index (χ1v) is 7.08. The molecule has 0 fully saturated rings. The van der Waals surface area contributed by atoms with Crippen LogP contribution in [0.1, 0.15) is 33.7 Å². The van der Waals surface area contributed by atoms with Gasteiger partial charge in [0.15, 0.2) is 0 Å². The zero-order valence-electron chi connectivity index (χ0n) is 11.7. The minimum Gasteiger partial charge on any atom is -0.352 e. The molecule has 0 unspecified atom stereocenters. The van der Waals surface area contributed by atoms with Crippen molar-refractivity contribution in [3.63, 3.8) is 0 Å². The van der Waals surface area contributed by atoms with Crippen LogP contribution >= 0.6 is 0 Å². The van der Waals surface area contributed by atoms with E-state index in [-0.39, 0.29) is 5.78 Å². The molecule has 1 aromatic carbocycles. The number of fused-ring (bicyclic) bond motifs is 3. The number of rotatable bonds is 1. The highest BCUT2D eigenvalue weighted by molar-refractivity contribution is 6.14. The van der Waals surface area contributed by atoms with Crippen molar-refractivity contribution < 1.29 is 4.79 Å². The highest BCUT2D eigenvalue weighted by Gasteiger charge is 2.25. The van der Waals surface area contributed by atoms with Gasteiger partial charge in [-0.25, -0.2) is 0 Å². The number of carbonyl (C=O) groups is 1. The first-order chi connectivity index (χ1) is 10.2. The molecule has 1 aliphatic carbocycles. The molecule has 2 aromatic heterocycles. The van der Waals surface area contributed by atoms with Crippen molar-refractivity contribution in [2.24, 2.45) is 0 Å². The SMILES string of the molecule is Cc1ccc2[nH]c3c(c2c1)CC/C(=C\c1ccn[nH]1)C3=O. The molecule has 0 aliphatic heterocycles. The molecule has 0 amide bonds. The second-order valence-electron chi connectivity index (χ2n) is 5.54. The van der Waals surface area contributed by atoms with Crippen molar-refractivity contribution in [2.45, 2.75) is 19.8 Å². The molecule has 0 spiro atoms. The van der Waals surface area contributed by atoms with Crippen LogP contribution < -0.4 is 0 Å². The Morgan fingerprint density at radius 3 is 2.95 bits per heavy atom. The van der Waals surface area contributed by atoms with Gasteiger partial charge < -0.3 is 4.98 Å². The molecule has 2 N–H and O–H groups in total. The fourth-order valence-electron chi connectivity index (χ4n) is 3.02. The number of nitrogens with zero attached hydrogens (tertiary/aromatic N) is 1. The maximum absolute atomic E-state index is 12.7. The van der Waals surface area contributed by atoms with Crippen LogP contribution in [0.3, 0.4) is 0 Å². The van der Waals surface area contributed by atoms with E-state index in [1.54, 1.807) is 6.20 Å². The number of Topliss-reactive ketones (excluding diaryl/α,β-unsaturated/α-hetero) is 1. The average Bonchev–Trinajstić information content (AvgIpc) is 3.09. The van der Waals surface area contributed by atoms with Gasteiger partial charge in [-0.1, -0.05) is 11.6 Å². The molecule has 2 heterocycles. The van der Waals surface area contributed by atoms with Crippen molar-refractivity contribution in [2.75, 3.05) is 0 Å². The van der Waals surface area contributed by atoms with Gasteiger partial charge >= 0.3 is 0 Å². The first-order valence-electron chi connectivity index (χ1n) is 7.08. The van der Waals surface area contributed by atoms with Crippen LogP contribution in [0.2, 0.25) is 0 Å². The third-order valence-electron chi connectivity index (χ3n) is 4.08. The molecule has 4 heteroatoms. The second-order valence-corrected chi connectivity index (χ2v) is 5.54. The number of allylic oxidation sites excluding steroid dienone is 1. The Labute approximate surface area is 121 Å². The van der Waals surface area contributed by atoms with E-state index in [2.05, 4.69) is 40.3 Å². The molecule has 4 nitrogen and oxygen atoms in total. The summed E-state index contributed by atoms with van der Waals surface area (Å²) in [6.07, 6.45) is 5.25. The van der Waals surface area contributed by atoms with Crippen molar-refractivity contribution in [3.05, 3.63) is 58.6 Å². The number of aryl methyl sites for hydroxylation is 2. The van der Waals surface area contributed by atoms with Crippen LogP contribution in [0.4, 0.5) is 0 Å². The lowest BCUT2D eigenvalue weighted by atomic mass is 9.89. The molecule has 0 radical (unpaired) electrons. The summed E-state index contributed by atoms with van der Waals surface area (Å²) in [6.45, 7) is 2.08. The van der Waals surface area contributed by atoms with Crippen LogP contribution in [0, 0.1) is 6.92 Å². The van der Waals surface area contributed by atoms with Gasteiger partial charge in [-0.3, -0.25) is 9.89 Å². The minimum absolute atomic E-state index is 0.0969. The Hall–Kier alpha value is -2.62. The van der Waals surface area contributed by atoms with E-state index >= 15 is 0 Å². The molecule has 1 aliphatic rings. The van der Waals surface area contributed by atoms with E-state index in [4.69, 9.17) is 0 Å². The maximum Gasteiger partial charge on any atom is 0.205 e. The highest BCUT2D eigenvalue weighted by atomic mass is 16.1. The normalized spacial score (nSPS) is 16.6.